The summed E-state index contributed by atoms with van der Waals surface area (Å²) in [6, 6.07) is 12.9. The molecule has 2 aromatic rings. The van der Waals surface area contributed by atoms with Crippen LogP contribution in [0.4, 0.5) is 11.4 Å². The van der Waals surface area contributed by atoms with Gasteiger partial charge in [0.2, 0.25) is 0 Å². The van der Waals surface area contributed by atoms with E-state index in [1.807, 2.05) is 57.1 Å². The first kappa shape index (κ1) is 17.7. The van der Waals surface area contributed by atoms with E-state index in [1.54, 1.807) is 18.2 Å². The van der Waals surface area contributed by atoms with Crippen LogP contribution in [0.1, 0.15) is 24.2 Å². The summed E-state index contributed by atoms with van der Waals surface area (Å²) in [5.74, 6) is 1.04. The monoisotopic (exact) mass is 328 g/mol. The molecule has 5 nitrogen and oxygen atoms in total. The Balaban J connectivity index is 2.15. The third-order valence-electron chi connectivity index (χ3n) is 3.45. The molecule has 128 valence electrons. The van der Waals surface area contributed by atoms with Crippen LogP contribution >= 0.6 is 0 Å². The van der Waals surface area contributed by atoms with Crippen molar-refractivity contribution in [1.29, 1.82) is 0 Å². The highest BCUT2D eigenvalue weighted by Gasteiger charge is 2.12. The number of rotatable bonds is 7. The zero-order valence-corrected chi connectivity index (χ0v) is 14.6. The van der Waals surface area contributed by atoms with E-state index in [1.165, 1.54) is 0 Å². The Kier molecular flexibility index (Phi) is 6.07. The minimum Gasteiger partial charge on any atom is -0.490 e. The second kappa shape index (κ2) is 8.24. The van der Waals surface area contributed by atoms with Gasteiger partial charge < -0.3 is 19.7 Å². The number of nitrogens with one attached hydrogen (secondary N) is 1. The number of amides is 1. The molecule has 0 spiro atoms. The highest BCUT2D eigenvalue weighted by molar-refractivity contribution is 6.04. The average molecular weight is 328 g/mol. The van der Waals surface area contributed by atoms with Gasteiger partial charge in [-0.3, -0.25) is 4.79 Å². The molecular formula is C19H24N2O3. The third kappa shape index (κ3) is 4.41. The fraction of sp³-hybridized carbons (Fsp3) is 0.316. The highest BCUT2D eigenvalue weighted by atomic mass is 16.5. The molecule has 0 atom stereocenters. The SMILES string of the molecule is CCOc1ccc(C(=O)Nc2ccc(N(C)C)cc2)cc1OCC. The van der Waals surface area contributed by atoms with Crippen LogP contribution in [0.15, 0.2) is 42.5 Å². The van der Waals surface area contributed by atoms with Crippen molar-refractivity contribution in [1.82, 2.24) is 0 Å². The molecule has 0 aliphatic heterocycles. The van der Waals surface area contributed by atoms with Crippen molar-refractivity contribution in [3.05, 3.63) is 48.0 Å². The Hall–Kier alpha value is -2.69. The molecule has 2 aromatic carbocycles. The zero-order valence-electron chi connectivity index (χ0n) is 14.6. The first-order chi connectivity index (χ1) is 11.5. The van der Waals surface area contributed by atoms with Gasteiger partial charge in [-0.15, -0.1) is 0 Å². The largest absolute Gasteiger partial charge is 0.490 e. The molecule has 0 saturated heterocycles. The van der Waals surface area contributed by atoms with Gasteiger partial charge >= 0.3 is 0 Å². The van der Waals surface area contributed by atoms with Gasteiger partial charge in [0.1, 0.15) is 0 Å². The first-order valence-corrected chi connectivity index (χ1v) is 8.03. The number of ether oxygens (including phenoxy) is 2. The van der Waals surface area contributed by atoms with E-state index in [0.29, 0.717) is 30.3 Å². The number of anilines is 2. The van der Waals surface area contributed by atoms with Gasteiger partial charge in [-0.2, -0.15) is 0 Å². The first-order valence-electron chi connectivity index (χ1n) is 8.03. The van der Waals surface area contributed by atoms with Gasteiger partial charge in [0.15, 0.2) is 11.5 Å². The molecule has 0 aromatic heterocycles. The molecule has 0 aliphatic carbocycles. The van der Waals surface area contributed by atoms with Crippen LogP contribution in [-0.2, 0) is 0 Å². The molecular weight excluding hydrogens is 304 g/mol. The molecule has 0 heterocycles. The number of hydrogen-bond donors (Lipinski definition) is 1. The Bertz CT molecular complexity index is 682. The summed E-state index contributed by atoms with van der Waals surface area (Å²) in [5, 5.41) is 2.89. The van der Waals surface area contributed by atoms with Crippen LogP contribution in [0.3, 0.4) is 0 Å². The van der Waals surface area contributed by atoms with Crippen molar-refractivity contribution in [2.24, 2.45) is 0 Å². The van der Waals surface area contributed by atoms with E-state index in [0.717, 1.165) is 11.4 Å². The van der Waals surface area contributed by atoms with Gasteiger partial charge in [-0.1, -0.05) is 0 Å². The molecule has 0 unspecified atom stereocenters. The van der Waals surface area contributed by atoms with Crippen LogP contribution in [0.2, 0.25) is 0 Å². The number of hydrogen-bond acceptors (Lipinski definition) is 4. The van der Waals surface area contributed by atoms with E-state index in [9.17, 15) is 4.79 Å². The predicted octanol–water partition coefficient (Wildman–Crippen LogP) is 3.80. The summed E-state index contributed by atoms with van der Waals surface area (Å²) in [6.07, 6.45) is 0. The number of carbonyl (C=O) groups excluding carboxylic acids is 1. The third-order valence-corrected chi connectivity index (χ3v) is 3.45. The lowest BCUT2D eigenvalue weighted by Crippen LogP contribution is -2.13. The van der Waals surface area contributed by atoms with Gasteiger partial charge in [0.05, 0.1) is 13.2 Å². The lowest BCUT2D eigenvalue weighted by Gasteiger charge is -2.14. The van der Waals surface area contributed by atoms with Crippen LogP contribution in [-0.4, -0.2) is 33.2 Å². The maximum absolute atomic E-state index is 12.4. The van der Waals surface area contributed by atoms with Gasteiger partial charge in [0, 0.05) is 31.0 Å². The van der Waals surface area contributed by atoms with Crippen molar-refractivity contribution in [3.8, 4) is 11.5 Å². The molecule has 24 heavy (non-hydrogen) atoms. The minimum absolute atomic E-state index is 0.184. The standard InChI is InChI=1S/C19H24N2O3/c1-5-23-17-12-7-14(13-18(17)24-6-2)19(22)20-15-8-10-16(11-9-15)21(3)4/h7-13H,5-6H2,1-4H3,(H,20,22). The Morgan fingerprint density at radius 1 is 0.958 bits per heavy atom. The molecule has 2 rings (SSSR count). The van der Waals surface area contributed by atoms with Crippen LogP contribution in [0, 0.1) is 0 Å². The van der Waals surface area contributed by atoms with E-state index >= 15 is 0 Å². The minimum atomic E-state index is -0.184. The van der Waals surface area contributed by atoms with E-state index in [4.69, 9.17) is 9.47 Å². The highest BCUT2D eigenvalue weighted by Crippen LogP contribution is 2.29. The summed E-state index contributed by atoms with van der Waals surface area (Å²) in [7, 11) is 3.95. The maximum Gasteiger partial charge on any atom is 0.255 e. The maximum atomic E-state index is 12.4. The van der Waals surface area contributed by atoms with E-state index < -0.39 is 0 Å². The molecule has 0 bridgehead atoms. The molecule has 0 saturated carbocycles. The van der Waals surface area contributed by atoms with Crippen molar-refractivity contribution < 1.29 is 14.3 Å². The predicted molar refractivity (Wildman–Crippen MR) is 97.5 cm³/mol. The van der Waals surface area contributed by atoms with Crippen LogP contribution in [0.25, 0.3) is 0 Å². The summed E-state index contributed by atoms with van der Waals surface area (Å²) in [4.78, 5) is 14.4. The fourth-order valence-corrected chi connectivity index (χ4v) is 2.24. The lowest BCUT2D eigenvalue weighted by molar-refractivity contribution is 0.102. The van der Waals surface area contributed by atoms with E-state index in [2.05, 4.69) is 5.32 Å². The van der Waals surface area contributed by atoms with Crippen molar-refractivity contribution in [2.75, 3.05) is 37.5 Å². The van der Waals surface area contributed by atoms with Crippen molar-refractivity contribution >= 4 is 17.3 Å². The smallest absolute Gasteiger partial charge is 0.255 e. The van der Waals surface area contributed by atoms with Gasteiger partial charge in [-0.25, -0.2) is 0 Å². The van der Waals surface area contributed by atoms with Gasteiger partial charge in [0.25, 0.3) is 5.91 Å². The molecule has 0 fully saturated rings. The van der Waals surface area contributed by atoms with Crippen LogP contribution in [0.5, 0.6) is 11.5 Å². The molecule has 5 heteroatoms. The number of carbonyl (C=O) groups is 1. The van der Waals surface area contributed by atoms with Gasteiger partial charge in [-0.05, 0) is 56.3 Å². The molecule has 0 aliphatic rings. The summed E-state index contributed by atoms with van der Waals surface area (Å²) >= 11 is 0. The summed E-state index contributed by atoms with van der Waals surface area (Å²) in [6.45, 7) is 4.86. The number of nitrogens with zero attached hydrogens (tertiary/aromatic N) is 1. The quantitative estimate of drug-likeness (QED) is 0.840. The Labute approximate surface area is 143 Å². The topological polar surface area (TPSA) is 50.8 Å². The second-order valence-corrected chi connectivity index (χ2v) is 5.42. The second-order valence-electron chi connectivity index (χ2n) is 5.42. The summed E-state index contributed by atoms with van der Waals surface area (Å²) in [5.41, 5.74) is 2.35. The molecule has 0 radical (unpaired) electrons. The van der Waals surface area contributed by atoms with Crippen molar-refractivity contribution in [2.45, 2.75) is 13.8 Å². The van der Waals surface area contributed by atoms with Crippen molar-refractivity contribution in [3.63, 3.8) is 0 Å². The fourth-order valence-electron chi connectivity index (χ4n) is 2.24. The normalized spacial score (nSPS) is 10.2. The van der Waals surface area contributed by atoms with E-state index in [-0.39, 0.29) is 5.91 Å². The molecule has 1 N–H and O–H groups in total. The zero-order chi connectivity index (χ0) is 17.5. The Morgan fingerprint density at radius 3 is 2.17 bits per heavy atom. The number of benzene rings is 2. The average Bonchev–Trinajstić information content (AvgIpc) is 2.57. The van der Waals surface area contributed by atoms with Crippen LogP contribution < -0.4 is 19.7 Å². The lowest BCUT2D eigenvalue weighted by atomic mass is 10.1. The molecule has 1 amide bonds. The Morgan fingerprint density at radius 2 is 1.58 bits per heavy atom. The summed E-state index contributed by atoms with van der Waals surface area (Å²) < 4.78 is 11.1.